The fourth-order valence-electron chi connectivity index (χ4n) is 2.37. The van der Waals surface area contributed by atoms with E-state index in [1.54, 1.807) is 0 Å². The van der Waals surface area contributed by atoms with Crippen LogP contribution in [0, 0.1) is 11.6 Å². The van der Waals surface area contributed by atoms with Crippen molar-refractivity contribution in [1.29, 1.82) is 0 Å². The minimum Gasteiger partial charge on any atom is -0.368 e. The van der Waals surface area contributed by atoms with Crippen molar-refractivity contribution in [2.24, 2.45) is 5.73 Å². The summed E-state index contributed by atoms with van der Waals surface area (Å²) in [5, 5.41) is 2.30. The first-order chi connectivity index (χ1) is 12.6. The molecule has 27 heavy (non-hydrogen) atoms. The van der Waals surface area contributed by atoms with Crippen molar-refractivity contribution in [1.82, 2.24) is 5.32 Å². The number of rotatable bonds is 6. The number of hydrogen-bond acceptors (Lipinski definition) is 2. The third-order valence-corrected chi connectivity index (χ3v) is 3.77. The first-order valence-corrected chi connectivity index (χ1v) is 7.75. The second kappa shape index (κ2) is 8.15. The molecule has 4 nitrogen and oxygen atoms in total. The highest BCUT2D eigenvalue weighted by Gasteiger charge is 2.30. The van der Waals surface area contributed by atoms with Crippen LogP contribution < -0.4 is 11.1 Å². The SMILES string of the molecule is NC(=O)[C@H](Cc1ccc(C(F)(F)F)cc1)NC(=O)Cc1ccc(F)cc1F. The van der Waals surface area contributed by atoms with Gasteiger partial charge in [-0.25, -0.2) is 8.78 Å². The van der Waals surface area contributed by atoms with Gasteiger partial charge >= 0.3 is 6.18 Å². The lowest BCUT2D eigenvalue weighted by Crippen LogP contribution is -2.46. The van der Waals surface area contributed by atoms with Gasteiger partial charge in [-0.2, -0.15) is 13.2 Å². The Morgan fingerprint density at radius 3 is 2.19 bits per heavy atom. The Balaban J connectivity index is 2.04. The fraction of sp³-hybridized carbons (Fsp3) is 0.222. The average molecular weight is 386 g/mol. The zero-order valence-electron chi connectivity index (χ0n) is 13.8. The highest BCUT2D eigenvalue weighted by Crippen LogP contribution is 2.29. The summed E-state index contributed by atoms with van der Waals surface area (Å²) in [6.45, 7) is 0. The van der Waals surface area contributed by atoms with Gasteiger partial charge in [-0.1, -0.05) is 18.2 Å². The summed E-state index contributed by atoms with van der Waals surface area (Å²) in [7, 11) is 0. The first-order valence-electron chi connectivity index (χ1n) is 7.75. The number of carbonyl (C=O) groups excluding carboxylic acids is 2. The Morgan fingerprint density at radius 2 is 1.67 bits per heavy atom. The largest absolute Gasteiger partial charge is 0.416 e. The Hall–Kier alpha value is -2.97. The van der Waals surface area contributed by atoms with Crippen LogP contribution in [-0.2, 0) is 28.6 Å². The zero-order valence-corrected chi connectivity index (χ0v) is 13.8. The van der Waals surface area contributed by atoms with Gasteiger partial charge in [0, 0.05) is 12.5 Å². The van der Waals surface area contributed by atoms with Crippen LogP contribution in [0.15, 0.2) is 42.5 Å². The lowest BCUT2D eigenvalue weighted by atomic mass is 10.0. The third kappa shape index (κ3) is 5.77. The monoisotopic (exact) mass is 386 g/mol. The minimum atomic E-state index is -4.49. The van der Waals surface area contributed by atoms with E-state index >= 15 is 0 Å². The van der Waals surface area contributed by atoms with Gasteiger partial charge in [0.05, 0.1) is 12.0 Å². The summed E-state index contributed by atoms with van der Waals surface area (Å²) < 4.78 is 64.1. The van der Waals surface area contributed by atoms with E-state index in [1.165, 1.54) is 12.1 Å². The van der Waals surface area contributed by atoms with Gasteiger partial charge in [0.25, 0.3) is 0 Å². The Morgan fingerprint density at radius 1 is 1.04 bits per heavy atom. The van der Waals surface area contributed by atoms with E-state index in [2.05, 4.69) is 5.32 Å². The molecule has 0 aliphatic carbocycles. The molecule has 0 heterocycles. The van der Waals surface area contributed by atoms with Gasteiger partial charge in [0.2, 0.25) is 11.8 Å². The molecule has 0 fully saturated rings. The Kier molecular flexibility index (Phi) is 6.14. The summed E-state index contributed by atoms with van der Waals surface area (Å²) in [5.74, 6) is -3.35. The Labute approximate surface area is 151 Å². The van der Waals surface area contributed by atoms with Gasteiger partial charge in [-0.3, -0.25) is 9.59 Å². The maximum atomic E-state index is 13.6. The van der Waals surface area contributed by atoms with Crippen molar-refractivity contribution in [3.8, 4) is 0 Å². The highest BCUT2D eigenvalue weighted by atomic mass is 19.4. The summed E-state index contributed by atoms with van der Waals surface area (Å²) in [5.41, 5.74) is 4.64. The van der Waals surface area contributed by atoms with Crippen LogP contribution in [0.5, 0.6) is 0 Å². The quantitative estimate of drug-likeness (QED) is 0.750. The normalized spacial score (nSPS) is 12.5. The third-order valence-electron chi connectivity index (χ3n) is 3.77. The number of benzene rings is 2. The molecule has 144 valence electrons. The van der Waals surface area contributed by atoms with E-state index in [0.717, 1.165) is 24.3 Å². The van der Waals surface area contributed by atoms with Gasteiger partial charge in [-0.05, 0) is 29.3 Å². The van der Waals surface area contributed by atoms with Crippen LogP contribution in [0.4, 0.5) is 22.0 Å². The number of alkyl halides is 3. The minimum absolute atomic E-state index is 0.0772. The predicted octanol–water partition coefficient (Wildman–Crippen LogP) is 2.74. The molecule has 0 saturated heterocycles. The molecular formula is C18H15F5N2O2. The van der Waals surface area contributed by atoms with E-state index < -0.39 is 47.7 Å². The molecule has 2 aromatic rings. The summed E-state index contributed by atoms with van der Waals surface area (Å²) in [6.07, 6.45) is -5.08. The van der Waals surface area contributed by atoms with E-state index in [-0.39, 0.29) is 12.0 Å². The van der Waals surface area contributed by atoms with Crippen LogP contribution in [-0.4, -0.2) is 17.9 Å². The van der Waals surface area contributed by atoms with Gasteiger partial charge in [0.1, 0.15) is 17.7 Å². The molecule has 0 aliphatic rings. The molecule has 2 rings (SSSR count). The fourth-order valence-corrected chi connectivity index (χ4v) is 2.37. The van der Waals surface area contributed by atoms with Crippen molar-refractivity contribution in [3.63, 3.8) is 0 Å². The molecule has 0 radical (unpaired) electrons. The number of nitrogens with two attached hydrogens (primary N) is 1. The predicted molar refractivity (Wildman–Crippen MR) is 86.3 cm³/mol. The number of hydrogen-bond donors (Lipinski definition) is 2. The number of carbonyl (C=O) groups is 2. The van der Waals surface area contributed by atoms with Gasteiger partial charge in [0.15, 0.2) is 0 Å². The molecule has 2 amide bonds. The second-order valence-corrected chi connectivity index (χ2v) is 5.83. The van der Waals surface area contributed by atoms with Gasteiger partial charge < -0.3 is 11.1 Å². The van der Waals surface area contributed by atoms with Crippen molar-refractivity contribution >= 4 is 11.8 Å². The Bertz CT molecular complexity index is 835. The lowest BCUT2D eigenvalue weighted by Gasteiger charge is -2.16. The van der Waals surface area contributed by atoms with Crippen LogP contribution in [0.3, 0.4) is 0 Å². The molecule has 0 aliphatic heterocycles. The van der Waals surface area contributed by atoms with E-state index in [0.29, 0.717) is 11.6 Å². The van der Waals surface area contributed by atoms with Crippen molar-refractivity contribution in [2.75, 3.05) is 0 Å². The van der Waals surface area contributed by atoms with Crippen molar-refractivity contribution in [3.05, 3.63) is 70.8 Å². The van der Waals surface area contributed by atoms with Crippen molar-refractivity contribution < 1.29 is 31.5 Å². The number of nitrogens with one attached hydrogen (secondary N) is 1. The number of primary amides is 1. The summed E-state index contributed by atoms with van der Waals surface area (Å²) in [6, 6.07) is 5.55. The van der Waals surface area contributed by atoms with Crippen LogP contribution >= 0.6 is 0 Å². The van der Waals surface area contributed by atoms with Gasteiger partial charge in [-0.15, -0.1) is 0 Å². The lowest BCUT2D eigenvalue weighted by molar-refractivity contribution is -0.137. The van der Waals surface area contributed by atoms with E-state index in [9.17, 15) is 31.5 Å². The molecule has 1 atom stereocenters. The average Bonchev–Trinajstić information content (AvgIpc) is 2.56. The zero-order chi connectivity index (χ0) is 20.2. The molecule has 9 heteroatoms. The summed E-state index contributed by atoms with van der Waals surface area (Å²) in [4.78, 5) is 23.5. The molecule has 0 unspecified atom stereocenters. The smallest absolute Gasteiger partial charge is 0.368 e. The van der Waals surface area contributed by atoms with Crippen molar-refractivity contribution in [2.45, 2.75) is 25.1 Å². The molecule has 0 bridgehead atoms. The molecular weight excluding hydrogens is 371 g/mol. The number of amides is 2. The van der Waals surface area contributed by atoms with E-state index in [1.807, 2.05) is 0 Å². The maximum absolute atomic E-state index is 13.6. The molecule has 3 N–H and O–H groups in total. The first kappa shape index (κ1) is 20.3. The maximum Gasteiger partial charge on any atom is 0.416 e. The molecule has 0 spiro atoms. The van der Waals surface area contributed by atoms with Crippen LogP contribution in [0.25, 0.3) is 0 Å². The second-order valence-electron chi connectivity index (χ2n) is 5.83. The van der Waals surface area contributed by atoms with E-state index in [4.69, 9.17) is 5.73 Å². The topological polar surface area (TPSA) is 72.2 Å². The molecule has 0 saturated carbocycles. The van der Waals surface area contributed by atoms with Crippen LogP contribution in [0.2, 0.25) is 0 Å². The molecule has 0 aromatic heterocycles. The standard InChI is InChI=1S/C18H15F5N2O2/c19-13-6-3-11(14(20)9-13)8-16(26)25-15(17(24)27)7-10-1-4-12(5-2-10)18(21,22)23/h1-6,9,15H,7-8H2,(H2,24,27)(H,25,26)/t15-/m0/s1. The molecule has 2 aromatic carbocycles. The highest BCUT2D eigenvalue weighted by molar-refractivity contribution is 5.87. The van der Waals surface area contributed by atoms with Crippen LogP contribution in [0.1, 0.15) is 16.7 Å². The number of halogens is 5. The summed E-state index contributed by atoms with van der Waals surface area (Å²) >= 11 is 0.